The Balaban J connectivity index is 1.75. The number of piperidine rings is 1. The summed E-state index contributed by atoms with van der Waals surface area (Å²) in [6.45, 7) is 2.93. The summed E-state index contributed by atoms with van der Waals surface area (Å²) in [5, 5.41) is 45.0. The number of benzene rings is 1. The van der Waals surface area contributed by atoms with Crippen molar-refractivity contribution >= 4 is 23.2 Å². The lowest BCUT2D eigenvalue weighted by Crippen LogP contribution is -2.65. The summed E-state index contributed by atoms with van der Waals surface area (Å²) >= 11 is 0. The number of carbonyl (C=O) groups is 3. The topological polar surface area (TPSA) is 165 Å². The number of carbonyl (C=O) groups excluding carboxylic acids is 3. The molecule has 0 radical (unpaired) electrons. The molecule has 13 heteroatoms. The molecule has 1 aromatic rings. The van der Waals surface area contributed by atoms with Crippen LogP contribution in [0.1, 0.15) is 60.9 Å². The number of Topliss-reactive ketones (excluding diaryl/α,β-unsaturated/α-hetero) is 2. The SMILES string of the molecule is CCN1CCCCC1c1cc(O)c2c(c1C(F)(F)F)C[C@H]1C[C@H]3[C@H](N(C)C)C(=O)C(C(N)=O)=C(O)[C@@]3(O)C(=O)C1=C2O. The number of alkyl halides is 3. The van der Waals surface area contributed by atoms with Crippen molar-refractivity contribution in [2.45, 2.75) is 62.9 Å². The van der Waals surface area contributed by atoms with Gasteiger partial charge in [0.05, 0.1) is 17.2 Å². The number of amides is 1. The van der Waals surface area contributed by atoms with Gasteiger partial charge < -0.3 is 26.2 Å². The van der Waals surface area contributed by atoms with Crippen LogP contribution in [0.4, 0.5) is 13.2 Å². The van der Waals surface area contributed by atoms with Crippen molar-refractivity contribution in [3.63, 3.8) is 0 Å². The molecule has 0 bridgehead atoms. The number of aromatic hydroxyl groups is 1. The van der Waals surface area contributed by atoms with E-state index in [1.807, 2.05) is 11.8 Å². The lowest BCUT2D eigenvalue weighted by molar-refractivity contribution is -0.153. The first-order valence-corrected chi connectivity index (χ1v) is 13.9. The van der Waals surface area contributed by atoms with E-state index in [-0.39, 0.29) is 17.5 Å². The molecule has 6 N–H and O–H groups in total. The maximum atomic E-state index is 14.9. The van der Waals surface area contributed by atoms with Crippen molar-refractivity contribution in [3.8, 4) is 5.75 Å². The maximum Gasteiger partial charge on any atom is 0.417 e. The molecule has 5 atom stereocenters. The van der Waals surface area contributed by atoms with Crippen molar-refractivity contribution in [2.24, 2.45) is 17.6 Å². The number of aliphatic hydroxyl groups is 3. The lowest BCUT2D eigenvalue weighted by Gasteiger charge is -2.50. The fourth-order valence-corrected chi connectivity index (χ4v) is 7.67. The van der Waals surface area contributed by atoms with Crippen molar-refractivity contribution in [2.75, 3.05) is 27.2 Å². The van der Waals surface area contributed by atoms with Crippen LogP contribution in [0.15, 0.2) is 23.0 Å². The Bertz CT molecular complexity index is 1450. The van der Waals surface area contributed by atoms with Crippen LogP contribution >= 0.6 is 0 Å². The lowest BCUT2D eigenvalue weighted by atomic mass is 9.57. The van der Waals surface area contributed by atoms with Gasteiger partial charge in [0.2, 0.25) is 5.78 Å². The van der Waals surface area contributed by atoms with Gasteiger partial charge in [-0.1, -0.05) is 13.3 Å². The van der Waals surface area contributed by atoms with Crippen LogP contribution in [0.2, 0.25) is 0 Å². The average molecular weight is 594 g/mol. The van der Waals surface area contributed by atoms with Gasteiger partial charge in [-0.25, -0.2) is 0 Å². The first kappa shape index (κ1) is 30.1. The molecular formula is C29H34F3N3O7. The minimum atomic E-state index is -4.87. The number of likely N-dealkylation sites (N-methyl/N-ethyl adjacent to an activating group) is 1. The average Bonchev–Trinajstić information content (AvgIpc) is 2.89. The first-order valence-electron chi connectivity index (χ1n) is 13.9. The fraction of sp³-hybridized carbons (Fsp3) is 0.552. The molecule has 4 aliphatic rings. The van der Waals surface area contributed by atoms with Crippen molar-refractivity contribution in [1.82, 2.24) is 9.80 Å². The van der Waals surface area contributed by atoms with Crippen molar-refractivity contribution < 1.29 is 48.0 Å². The van der Waals surface area contributed by atoms with Crippen molar-refractivity contribution in [1.29, 1.82) is 0 Å². The maximum absolute atomic E-state index is 14.9. The zero-order chi connectivity index (χ0) is 31.0. The van der Waals surface area contributed by atoms with E-state index >= 15 is 0 Å². The summed E-state index contributed by atoms with van der Waals surface area (Å²) < 4.78 is 44.6. The number of aliphatic hydroxyl groups excluding tert-OH is 2. The highest BCUT2D eigenvalue weighted by Gasteiger charge is 2.64. The third-order valence-electron chi connectivity index (χ3n) is 9.42. The first-order chi connectivity index (χ1) is 19.6. The summed E-state index contributed by atoms with van der Waals surface area (Å²) in [6.07, 6.45) is -3.62. The summed E-state index contributed by atoms with van der Waals surface area (Å²) in [7, 11) is 2.90. The van der Waals surface area contributed by atoms with Gasteiger partial charge in [0.15, 0.2) is 11.4 Å². The number of hydrogen-bond acceptors (Lipinski definition) is 9. The van der Waals surface area contributed by atoms with Crippen molar-refractivity contribution in [3.05, 3.63) is 45.2 Å². The predicted octanol–water partition coefficient (Wildman–Crippen LogP) is 2.53. The normalized spacial score (nSPS) is 30.4. The molecule has 228 valence electrons. The molecule has 2 fully saturated rings. The summed E-state index contributed by atoms with van der Waals surface area (Å²) in [4.78, 5) is 42.5. The van der Waals surface area contributed by atoms with E-state index in [0.29, 0.717) is 25.9 Å². The van der Waals surface area contributed by atoms with Crippen LogP contribution in [0.25, 0.3) is 5.76 Å². The molecule has 10 nitrogen and oxygen atoms in total. The summed E-state index contributed by atoms with van der Waals surface area (Å²) in [5.74, 6) is -8.92. The second-order valence-electron chi connectivity index (χ2n) is 11.8. The highest BCUT2D eigenvalue weighted by Crippen LogP contribution is 2.55. The third kappa shape index (κ3) is 4.15. The number of phenols is 1. The molecule has 5 rings (SSSR count). The molecule has 1 heterocycles. The van der Waals surface area contributed by atoms with E-state index in [1.165, 1.54) is 19.0 Å². The minimum Gasteiger partial charge on any atom is -0.508 e. The van der Waals surface area contributed by atoms with Gasteiger partial charge in [0, 0.05) is 17.5 Å². The minimum absolute atomic E-state index is 0.110. The number of phenolic OH excluding ortho intramolecular Hbond substituents is 1. The number of ketones is 2. The molecule has 1 unspecified atom stereocenters. The number of primary amides is 1. The van der Waals surface area contributed by atoms with Crippen LogP contribution in [0, 0.1) is 11.8 Å². The number of nitrogens with two attached hydrogens (primary N) is 1. The fourth-order valence-electron chi connectivity index (χ4n) is 7.67. The largest absolute Gasteiger partial charge is 0.508 e. The van der Waals surface area contributed by atoms with Gasteiger partial charge in [0.1, 0.15) is 22.8 Å². The summed E-state index contributed by atoms with van der Waals surface area (Å²) in [6, 6.07) is -0.957. The monoisotopic (exact) mass is 593 g/mol. The number of nitrogens with zero attached hydrogens (tertiary/aromatic N) is 2. The van der Waals surface area contributed by atoms with Gasteiger partial charge in [0.25, 0.3) is 5.91 Å². The second-order valence-corrected chi connectivity index (χ2v) is 11.8. The van der Waals surface area contributed by atoms with E-state index in [1.54, 1.807) is 0 Å². The Labute approximate surface area is 239 Å². The van der Waals surface area contributed by atoms with Crippen LogP contribution in [0.3, 0.4) is 0 Å². The number of hydrogen-bond donors (Lipinski definition) is 5. The third-order valence-corrected chi connectivity index (χ3v) is 9.42. The van der Waals surface area contributed by atoms with Gasteiger partial charge in [-0.05, 0) is 76.0 Å². The summed E-state index contributed by atoms with van der Waals surface area (Å²) in [5.41, 5.74) is -1.04. The van der Waals surface area contributed by atoms with Crippen LogP contribution in [0.5, 0.6) is 5.75 Å². The van der Waals surface area contributed by atoms with Crippen LogP contribution in [-0.2, 0) is 27.0 Å². The van der Waals surface area contributed by atoms with Gasteiger partial charge in [-0.15, -0.1) is 0 Å². The van der Waals surface area contributed by atoms with E-state index < -0.39 is 99.1 Å². The smallest absolute Gasteiger partial charge is 0.417 e. The van der Waals surface area contributed by atoms with E-state index in [2.05, 4.69) is 0 Å². The Morgan fingerprint density at radius 1 is 1.19 bits per heavy atom. The Hall–Kier alpha value is -3.42. The second kappa shape index (κ2) is 10.1. The highest BCUT2D eigenvalue weighted by atomic mass is 19.4. The molecule has 1 aromatic carbocycles. The molecule has 1 saturated carbocycles. The number of likely N-dealkylation sites (tertiary alicyclic amines) is 1. The molecule has 1 aliphatic heterocycles. The molecule has 1 amide bonds. The zero-order valence-electron chi connectivity index (χ0n) is 23.5. The molecule has 0 spiro atoms. The van der Waals surface area contributed by atoms with Gasteiger partial charge >= 0.3 is 6.18 Å². The van der Waals surface area contributed by atoms with Gasteiger partial charge in [-0.3, -0.25) is 24.2 Å². The van der Waals surface area contributed by atoms with Crippen LogP contribution in [-0.4, -0.2) is 86.5 Å². The standard InChI is InChI=1S/C29H34F3N3O7/c1-4-35-8-6-5-7-16(35)13-11-17(36)19-14(21(13)29(30,31)32)9-12-10-15-22(34(2)3)24(38)20(27(33)41)26(40)28(15,42)25(39)18(12)23(19)37/h11-12,15-16,22,36-37,40,42H,4-10H2,1-3H3,(H2,33,41)/t12-,15-,16?,22-,28-/m0/s1. The van der Waals surface area contributed by atoms with E-state index in [9.17, 15) is 48.0 Å². The predicted molar refractivity (Wildman–Crippen MR) is 143 cm³/mol. The van der Waals surface area contributed by atoms with E-state index in [4.69, 9.17) is 5.73 Å². The highest BCUT2D eigenvalue weighted by molar-refractivity contribution is 6.24. The molecule has 0 aromatic heterocycles. The Morgan fingerprint density at radius 3 is 2.43 bits per heavy atom. The Kier molecular flexibility index (Phi) is 7.22. The van der Waals surface area contributed by atoms with Crippen LogP contribution < -0.4 is 5.73 Å². The Morgan fingerprint density at radius 2 is 1.86 bits per heavy atom. The van der Waals surface area contributed by atoms with Gasteiger partial charge in [-0.2, -0.15) is 13.2 Å². The zero-order valence-corrected chi connectivity index (χ0v) is 23.5. The molecule has 42 heavy (non-hydrogen) atoms. The molecular weight excluding hydrogens is 559 g/mol. The molecule has 3 aliphatic carbocycles. The quantitative estimate of drug-likeness (QED) is 0.330. The molecule has 1 saturated heterocycles. The number of fused-ring (bicyclic) bond motifs is 3. The number of halogens is 3. The number of rotatable bonds is 4. The van der Waals surface area contributed by atoms with E-state index in [0.717, 1.165) is 12.5 Å².